The van der Waals surface area contributed by atoms with Gasteiger partial charge in [-0.2, -0.15) is 0 Å². The Morgan fingerprint density at radius 2 is 0.792 bits per heavy atom. The third-order valence-electron chi connectivity index (χ3n) is 8.81. The fourth-order valence-electron chi connectivity index (χ4n) is 5.26. The number of carboxylic acid groups (broad SMARTS) is 1. The number of unbranched alkanes of at least 4 members (excludes halogenated alkanes) is 12. The van der Waals surface area contributed by atoms with Gasteiger partial charge in [0.15, 0.2) is 0 Å². The second-order valence-corrected chi connectivity index (χ2v) is 14.7. The van der Waals surface area contributed by atoms with Crippen LogP contribution in [0.5, 0.6) is 0 Å². The second kappa shape index (κ2) is 45.4. The van der Waals surface area contributed by atoms with Crippen molar-refractivity contribution in [3.63, 3.8) is 0 Å². The van der Waals surface area contributed by atoms with Gasteiger partial charge in [-0.25, -0.2) is 0 Å². The van der Waals surface area contributed by atoms with Gasteiger partial charge >= 0.3 is 63.3 Å². The number of hydrogen-bond donors (Lipinski definition) is 1. The van der Waals surface area contributed by atoms with Gasteiger partial charge in [-0.05, 0) is 112 Å². The van der Waals surface area contributed by atoms with Crippen LogP contribution in [0.25, 0.3) is 0 Å². The number of rotatable bonds is 31. The minimum atomic E-state index is -0.679. The molecule has 0 aliphatic carbocycles. The number of carbonyl (C=O) groups is 2. The second-order valence-electron chi connectivity index (χ2n) is 14.7. The summed E-state index contributed by atoms with van der Waals surface area (Å²) in [6, 6.07) is 0. The van der Waals surface area contributed by atoms with Crippen LogP contribution in [-0.2, 0) is 14.3 Å². The molecule has 0 fully saturated rings. The number of carboxylic acids is 1. The topological polar surface area (TPSA) is 93.6 Å². The Labute approximate surface area is 372 Å². The zero-order valence-corrected chi connectivity index (χ0v) is 38.4. The Balaban J connectivity index is -0.000000275. The molecule has 0 aliphatic heterocycles. The van der Waals surface area contributed by atoms with Crippen molar-refractivity contribution in [2.45, 2.75) is 197 Å². The van der Waals surface area contributed by atoms with E-state index in [1.165, 1.54) is 70.6 Å². The Morgan fingerprint density at radius 1 is 0.491 bits per heavy atom. The van der Waals surface area contributed by atoms with Crippen LogP contribution in [0.15, 0.2) is 72.9 Å². The Kier molecular flexibility index (Phi) is 52.4. The van der Waals surface area contributed by atoms with Gasteiger partial charge < -0.3 is 15.3 Å². The molecule has 0 atom stereocenters. The molecule has 304 valence electrons. The first-order valence-electron chi connectivity index (χ1n) is 20.4. The van der Waals surface area contributed by atoms with Crippen LogP contribution >= 0.6 is 0 Å². The molecule has 2 N–H and O–H groups in total. The fraction of sp³-hybridized carbons (Fsp3) is 0.702. The SMILES string of the molecule is C.CC/C=C\C/C=C\C/C=C\CCCCCCCCC(C)(C)C(=O)O.CC/C=C\C/C=C\C/C=C\CCCCCCCCC(C)(C)C(=O)OCC.[K+].[OH-]. The first kappa shape index (κ1) is 61.2. The third kappa shape index (κ3) is 45.3. The Morgan fingerprint density at radius 3 is 1.13 bits per heavy atom. The number of allylic oxidation sites excluding steroid dienone is 12. The normalized spacial score (nSPS) is 12.0. The van der Waals surface area contributed by atoms with E-state index in [1.54, 1.807) is 0 Å². The van der Waals surface area contributed by atoms with E-state index in [1.807, 2.05) is 34.6 Å². The van der Waals surface area contributed by atoms with Crippen molar-refractivity contribution in [2.75, 3.05) is 6.61 Å². The molecule has 5 nitrogen and oxygen atoms in total. The molecule has 0 aromatic carbocycles. The van der Waals surface area contributed by atoms with Gasteiger partial charge in [-0.1, -0.05) is 158 Å². The van der Waals surface area contributed by atoms with Crippen molar-refractivity contribution in [2.24, 2.45) is 10.8 Å². The molecule has 0 unspecified atom stereocenters. The van der Waals surface area contributed by atoms with E-state index in [-0.39, 0.29) is 75.7 Å². The number of esters is 1. The average molecular weight is 769 g/mol. The summed E-state index contributed by atoms with van der Waals surface area (Å²) in [6.07, 6.45) is 52.2. The van der Waals surface area contributed by atoms with Gasteiger partial charge in [0.1, 0.15) is 0 Å². The molecule has 0 saturated carbocycles. The average Bonchev–Trinajstić information content (AvgIpc) is 3.08. The number of aliphatic carboxylic acids is 1. The first-order valence-corrected chi connectivity index (χ1v) is 20.4. The van der Waals surface area contributed by atoms with Crippen LogP contribution in [-0.4, -0.2) is 29.1 Å². The van der Waals surface area contributed by atoms with Gasteiger partial charge in [-0.15, -0.1) is 0 Å². The summed E-state index contributed by atoms with van der Waals surface area (Å²) in [5, 5.41) is 9.05. The Bertz CT molecular complexity index is 971. The number of carbonyl (C=O) groups excluding carboxylic acids is 1. The zero-order valence-electron chi connectivity index (χ0n) is 35.3. The van der Waals surface area contributed by atoms with E-state index in [2.05, 4.69) is 86.8 Å². The van der Waals surface area contributed by atoms with Crippen molar-refractivity contribution < 1.29 is 76.3 Å². The largest absolute Gasteiger partial charge is 1.00 e. The molecule has 0 aromatic heterocycles. The van der Waals surface area contributed by atoms with Crippen molar-refractivity contribution in [1.29, 1.82) is 0 Å². The van der Waals surface area contributed by atoms with E-state index in [9.17, 15) is 9.59 Å². The van der Waals surface area contributed by atoms with Gasteiger partial charge in [-0.3, -0.25) is 9.59 Å². The standard InChI is InChI=1S/C24H42O2.C22H38O2.CH4.K.H2O/c1-5-7-8-9-10-11-12-13-14-15-16-17-18-19-20-21-22-24(3,4)23(25)26-6-2;1-4-5-6-7-8-9-10-11-12-13-14-15-16-17-18-19-20-22(2,3)21(23)24;;;/h7-8,10-11,13-14H,5-6,9,12,15-22H2,1-4H3;5-6,8-9,11-12H,4,7,10,13-20H2,1-3H3,(H,23,24);1H4;;1H2/q;;;+1;/p-1/b8-7-,11-10-,14-13-;6-5-,9-8-,12-11-;;;. The van der Waals surface area contributed by atoms with E-state index in [0.29, 0.717) is 6.61 Å². The van der Waals surface area contributed by atoms with Crippen molar-refractivity contribution >= 4 is 11.9 Å². The molecule has 0 radical (unpaired) electrons. The van der Waals surface area contributed by atoms with Crippen molar-refractivity contribution in [3.8, 4) is 0 Å². The molecule has 6 heteroatoms. The van der Waals surface area contributed by atoms with E-state index < -0.39 is 11.4 Å². The summed E-state index contributed by atoms with van der Waals surface area (Å²) in [6.45, 7) is 14.3. The maximum Gasteiger partial charge on any atom is 1.00 e. The van der Waals surface area contributed by atoms with Crippen LogP contribution in [0.4, 0.5) is 0 Å². The summed E-state index contributed by atoms with van der Waals surface area (Å²) >= 11 is 0. The van der Waals surface area contributed by atoms with Crippen LogP contribution in [0.1, 0.15) is 197 Å². The Hall–Kier alpha value is -1.02. The van der Waals surface area contributed by atoms with Gasteiger partial charge in [0.25, 0.3) is 0 Å². The molecule has 0 aliphatic rings. The quantitative estimate of drug-likeness (QED) is 0.0328. The van der Waals surface area contributed by atoms with Crippen LogP contribution in [0, 0.1) is 10.8 Å². The molecule has 0 saturated heterocycles. The minimum Gasteiger partial charge on any atom is -0.870 e. The summed E-state index contributed by atoms with van der Waals surface area (Å²) in [7, 11) is 0. The number of ether oxygens (including phenoxy) is 1. The molecular weight excluding hydrogens is 684 g/mol. The first-order chi connectivity index (χ1) is 24.0. The molecule has 0 bridgehead atoms. The number of hydrogen-bond acceptors (Lipinski definition) is 4. The van der Waals surface area contributed by atoms with Crippen molar-refractivity contribution in [3.05, 3.63) is 72.9 Å². The van der Waals surface area contributed by atoms with Gasteiger partial charge in [0.2, 0.25) is 0 Å². The summed E-state index contributed by atoms with van der Waals surface area (Å²) in [5.74, 6) is -0.736. The van der Waals surface area contributed by atoms with E-state index in [4.69, 9.17) is 9.84 Å². The smallest absolute Gasteiger partial charge is 0.870 e. The maximum absolute atomic E-state index is 11.8. The summed E-state index contributed by atoms with van der Waals surface area (Å²) in [5.41, 5.74) is -0.896. The maximum atomic E-state index is 11.8. The molecule has 53 heavy (non-hydrogen) atoms. The van der Waals surface area contributed by atoms with Gasteiger partial charge in [0, 0.05) is 0 Å². The van der Waals surface area contributed by atoms with Crippen LogP contribution in [0.3, 0.4) is 0 Å². The molecular formula is C47H85KO5. The van der Waals surface area contributed by atoms with Gasteiger partial charge in [0.05, 0.1) is 17.4 Å². The monoisotopic (exact) mass is 769 g/mol. The zero-order chi connectivity index (χ0) is 37.6. The molecule has 0 amide bonds. The van der Waals surface area contributed by atoms with E-state index >= 15 is 0 Å². The molecule has 0 heterocycles. The van der Waals surface area contributed by atoms with Crippen LogP contribution < -0.4 is 51.4 Å². The third-order valence-corrected chi connectivity index (χ3v) is 8.81. The molecule has 0 spiro atoms. The van der Waals surface area contributed by atoms with E-state index in [0.717, 1.165) is 70.6 Å². The molecule has 0 aromatic rings. The predicted molar refractivity (Wildman–Crippen MR) is 228 cm³/mol. The van der Waals surface area contributed by atoms with Crippen LogP contribution in [0.2, 0.25) is 0 Å². The fourth-order valence-corrected chi connectivity index (χ4v) is 5.26. The minimum absolute atomic E-state index is 0. The predicted octanol–water partition coefficient (Wildman–Crippen LogP) is 12.1. The summed E-state index contributed by atoms with van der Waals surface area (Å²) < 4.78 is 5.13. The molecule has 0 rings (SSSR count). The van der Waals surface area contributed by atoms with Crippen molar-refractivity contribution in [1.82, 2.24) is 0 Å². The summed E-state index contributed by atoms with van der Waals surface area (Å²) in [4.78, 5) is 22.8.